The predicted molar refractivity (Wildman–Crippen MR) is 79.1 cm³/mol. The fourth-order valence-electron chi connectivity index (χ4n) is 5.20. The van der Waals surface area contributed by atoms with Crippen LogP contribution in [0.15, 0.2) is 0 Å². The number of rotatable bonds is 2. The van der Waals surface area contributed by atoms with Crippen molar-refractivity contribution in [2.45, 2.75) is 78.0 Å². The first-order valence-electron chi connectivity index (χ1n) is 8.36. The van der Waals surface area contributed by atoms with Crippen LogP contribution >= 0.6 is 0 Å². The van der Waals surface area contributed by atoms with Crippen LogP contribution in [0.3, 0.4) is 0 Å². The highest BCUT2D eigenvalue weighted by Gasteiger charge is 2.58. The molecule has 1 N–H and O–H groups in total. The number of ether oxygens (including phenoxy) is 1. The molecule has 1 aliphatic heterocycles. The Morgan fingerprint density at radius 2 is 1.74 bits per heavy atom. The van der Waals surface area contributed by atoms with Gasteiger partial charge in [0.2, 0.25) is 0 Å². The second-order valence-electron chi connectivity index (χ2n) is 8.18. The molecule has 0 bridgehead atoms. The van der Waals surface area contributed by atoms with E-state index in [1.807, 2.05) is 0 Å². The van der Waals surface area contributed by atoms with Crippen LogP contribution in [0.25, 0.3) is 0 Å². The number of fused-ring (bicyclic) bond motifs is 1. The molecule has 1 heterocycles. The summed E-state index contributed by atoms with van der Waals surface area (Å²) in [5.74, 6) is 2.56. The van der Waals surface area contributed by atoms with Gasteiger partial charge in [-0.2, -0.15) is 0 Å². The Morgan fingerprint density at radius 3 is 2.42 bits per heavy atom. The van der Waals surface area contributed by atoms with Crippen molar-refractivity contribution < 1.29 is 4.74 Å². The maximum Gasteiger partial charge on any atom is 0.0684 e. The van der Waals surface area contributed by atoms with Crippen LogP contribution < -0.4 is 5.32 Å². The summed E-state index contributed by atoms with van der Waals surface area (Å²) in [6, 6.07) is 1.42. The first-order valence-corrected chi connectivity index (χ1v) is 8.36. The van der Waals surface area contributed by atoms with E-state index in [0.29, 0.717) is 17.6 Å². The van der Waals surface area contributed by atoms with Gasteiger partial charge < -0.3 is 10.1 Å². The van der Waals surface area contributed by atoms with E-state index in [-0.39, 0.29) is 0 Å². The molecule has 5 atom stereocenters. The summed E-state index contributed by atoms with van der Waals surface area (Å²) in [5, 5.41) is 4.03. The smallest absolute Gasteiger partial charge is 0.0684 e. The zero-order valence-electron chi connectivity index (χ0n) is 13.1. The number of hydrogen-bond acceptors (Lipinski definition) is 2. The summed E-state index contributed by atoms with van der Waals surface area (Å²) in [7, 11) is 0. The summed E-state index contributed by atoms with van der Waals surface area (Å²) in [4.78, 5) is 0. The van der Waals surface area contributed by atoms with Crippen molar-refractivity contribution in [1.82, 2.24) is 5.32 Å². The lowest BCUT2D eigenvalue weighted by atomic mass is 9.55. The van der Waals surface area contributed by atoms with Gasteiger partial charge in [0.05, 0.1) is 6.10 Å². The standard InChI is InChI=1S/C17H31NO/c1-11-8-12(2)10-13(9-11)18-15-14-6-5-7-19-16(14)17(15,3)4/h11-16,18H,5-10H2,1-4H3. The molecular weight excluding hydrogens is 234 g/mol. The zero-order chi connectivity index (χ0) is 13.6. The highest BCUT2D eigenvalue weighted by molar-refractivity contribution is 5.11. The lowest BCUT2D eigenvalue weighted by molar-refractivity contribution is -0.195. The van der Waals surface area contributed by atoms with Crippen LogP contribution in [-0.4, -0.2) is 24.8 Å². The first-order chi connectivity index (χ1) is 8.98. The minimum atomic E-state index is 0.328. The molecule has 110 valence electrons. The maximum atomic E-state index is 6.01. The van der Waals surface area contributed by atoms with Gasteiger partial charge in [-0.1, -0.05) is 27.7 Å². The van der Waals surface area contributed by atoms with Gasteiger partial charge in [-0.3, -0.25) is 0 Å². The Morgan fingerprint density at radius 1 is 1.05 bits per heavy atom. The second-order valence-corrected chi connectivity index (χ2v) is 8.18. The minimum Gasteiger partial charge on any atom is -0.377 e. The fraction of sp³-hybridized carbons (Fsp3) is 1.00. The van der Waals surface area contributed by atoms with Crippen molar-refractivity contribution in [2.24, 2.45) is 23.2 Å². The topological polar surface area (TPSA) is 21.3 Å². The molecule has 0 aromatic carbocycles. The van der Waals surface area contributed by atoms with Crippen LogP contribution in [0.1, 0.15) is 59.8 Å². The third-order valence-electron chi connectivity index (χ3n) is 5.92. The molecule has 2 nitrogen and oxygen atoms in total. The maximum absolute atomic E-state index is 6.01. The van der Waals surface area contributed by atoms with E-state index >= 15 is 0 Å². The Labute approximate surface area is 118 Å². The average molecular weight is 265 g/mol. The van der Waals surface area contributed by atoms with Gasteiger partial charge >= 0.3 is 0 Å². The Kier molecular flexibility index (Phi) is 3.68. The SMILES string of the molecule is CC1CC(C)CC(NC2C3CCCOC3C2(C)C)C1. The molecule has 1 saturated heterocycles. The van der Waals surface area contributed by atoms with Gasteiger partial charge in [0.15, 0.2) is 0 Å². The fourth-order valence-corrected chi connectivity index (χ4v) is 5.20. The third-order valence-corrected chi connectivity index (χ3v) is 5.92. The largest absolute Gasteiger partial charge is 0.377 e. The van der Waals surface area contributed by atoms with Crippen molar-refractivity contribution in [3.8, 4) is 0 Å². The van der Waals surface area contributed by atoms with Gasteiger partial charge in [0.25, 0.3) is 0 Å². The predicted octanol–water partition coefficient (Wildman–Crippen LogP) is 3.60. The van der Waals surface area contributed by atoms with Crippen LogP contribution in [0.2, 0.25) is 0 Å². The van der Waals surface area contributed by atoms with Crippen LogP contribution in [0.4, 0.5) is 0 Å². The van der Waals surface area contributed by atoms with Crippen molar-refractivity contribution in [3.63, 3.8) is 0 Å². The third kappa shape index (κ3) is 2.47. The van der Waals surface area contributed by atoms with Crippen molar-refractivity contribution in [2.75, 3.05) is 6.61 Å². The minimum absolute atomic E-state index is 0.328. The molecule has 3 aliphatic rings. The molecule has 0 radical (unpaired) electrons. The quantitative estimate of drug-likeness (QED) is 0.823. The molecule has 2 aliphatic carbocycles. The Balaban J connectivity index is 1.62. The first kappa shape index (κ1) is 13.9. The van der Waals surface area contributed by atoms with E-state index in [1.54, 1.807) is 0 Å². The molecule has 5 unspecified atom stereocenters. The monoisotopic (exact) mass is 265 g/mol. The van der Waals surface area contributed by atoms with Gasteiger partial charge in [-0.05, 0) is 43.9 Å². The summed E-state index contributed by atoms with van der Waals surface area (Å²) in [6.07, 6.45) is 7.29. The highest BCUT2D eigenvalue weighted by Crippen LogP contribution is 2.51. The van der Waals surface area contributed by atoms with E-state index in [9.17, 15) is 0 Å². The Hall–Kier alpha value is -0.0800. The van der Waals surface area contributed by atoms with E-state index < -0.39 is 0 Å². The van der Waals surface area contributed by atoms with Crippen LogP contribution in [-0.2, 0) is 4.74 Å². The zero-order valence-corrected chi connectivity index (χ0v) is 13.1. The summed E-state index contributed by atoms with van der Waals surface area (Å²) in [5.41, 5.74) is 0.328. The second kappa shape index (κ2) is 5.04. The lowest BCUT2D eigenvalue weighted by Crippen LogP contribution is -2.70. The van der Waals surface area contributed by atoms with E-state index in [2.05, 4.69) is 33.0 Å². The molecule has 0 aromatic rings. The van der Waals surface area contributed by atoms with Gasteiger partial charge in [0, 0.05) is 30.0 Å². The van der Waals surface area contributed by atoms with Gasteiger partial charge in [-0.15, -0.1) is 0 Å². The van der Waals surface area contributed by atoms with Crippen molar-refractivity contribution in [3.05, 3.63) is 0 Å². The van der Waals surface area contributed by atoms with E-state index in [4.69, 9.17) is 4.74 Å². The number of hydrogen-bond donors (Lipinski definition) is 1. The van der Waals surface area contributed by atoms with Crippen molar-refractivity contribution in [1.29, 1.82) is 0 Å². The number of nitrogens with one attached hydrogen (secondary N) is 1. The summed E-state index contributed by atoms with van der Waals surface area (Å²) in [6.45, 7) is 10.6. The molecular formula is C17H31NO. The molecule has 0 aromatic heterocycles. The Bertz CT molecular complexity index is 317. The van der Waals surface area contributed by atoms with E-state index in [1.165, 1.54) is 32.1 Å². The highest BCUT2D eigenvalue weighted by atomic mass is 16.5. The normalized spacial score (nSPS) is 49.3. The van der Waals surface area contributed by atoms with Gasteiger partial charge in [-0.25, -0.2) is 0 Å². The lowest BCUT2D eigenvalue weighted by Gasteiger charge is -2.61. The summed E-state index contributed by atoms with van der Waals surface area (Å²) < 4.78 is 6.01. The average Bonchev–Trinajstić information content (AvgIpc) is 2.35. The van der Waals surface area contributed by atoms with Crippen molar-refractivity contribution >= 4 is 0 Å². The van der Waals surface area contributed by atoms with E-state index in [0.717, 1.165) is 30.4 Å². The van der Waals surface area contributed by atoms with Crippen LogP contribution in [0, 0.1) is 23.2 Å². The molecule has 3 fully saturated rings. The molecule has 19 heavy (non-hydrogen) atoms. The molecule has 0 spiro atoms. The molecule has 0 amide bonds. The summed E-state index contributed by atoms with van der Waals surface area (Å²) >= 11 is 0. The van der Waals surface area contributed by atoms with Gasteiger partial charge in [0.1, 0.15) is 0 Å². The van der Waals surface area contributed by atoms with Crippen LogP contribution in [0.5, 0.6) is 0 Å². The molecule has 3 rings (SSSR count). The molecule has 2 heteroatoms. The molecule has 2 saturated carbocycles.